The van der Waals surface area contributed by atoms with Gasteiger partial charge in [-0.2, -0.15) is 0 Å². The van der Waals surface area contributed by atoms with Crippen LogP contribution in [0.4, 0.5) is 5.69 Å². The molecular formula is C13H17ClIN. The maximum Gasteiger partial charge on any atom is 0.0380 e. The molecule has 1 aliphatic carbocycles. The first-order chi connectivity index (χ1) is 7.30. The van der Waals surface area contributed by atoms with Crippen LogP contribution < -0.4 is 5.32 Å². The van der Waals surface area contributed by atoms with Crippen molar-refractivity contribution >= 4 is 40.7 Å². The van der Waals surface area contributed by atoms with Gasteiger partial charge in [-0.3, -0.25) is 0 Å². The Balaban J connectivity index is 0.000000963. The lowest BCUT2D eigenvalue weighted by Crippen LogP contribution is -2.30. The Kier molecular flexibility index (Phi) is 3.69. The zero-order valence-electron chi connectivity index (χ0n) is 9.26. The molecule has 1 aromatic rings. The van der Waals surface area contributed by atoms with Crippen molar-refractivity contribution in [1.29, 1.82) is 0 Å². The molecule has 1 aliphatic heterocycles. The van der Waals surface area contributed by atoms with Crippen molar-refractivity contribution in [1.82, 2.24) is 0 Å². The summed E-state index contributed by atoms with van der Waals surface area (Å²) in [7, 11) is 0. The Morgan fingerprint density at radius 1 is 1.12 bits per heavy atom. The predicted octanol–water partition coefficient (Wildman–Crippen LogP) is 4.34. The van der Waals surface area contributed by atoms with Crippen molar-refractivity contribution in [3.05, 3.63) is 27.3 Å². The molecule has 1 aromatic carbocycles. The number of anilines is 1. The van der Waals surface area contributed by atoms with E-state index in [0.29, 0.717) is 5.41 Å². The van der Waals surface area contributed by atoms with Gasteiger partial charge in [-0.1, -0.05) is 19.3 Å². The lowest BCUT2D eigenvalue weighted by atomic mass is 9.71. The molecule has 2 aliphatic rings. The van der Waals surface area contributed by atoms with Crippen LogP contribution in [0.3, 0.4) is 0 Å². The third kappa shape index (κ3) is 1.94. The highest BCUT2D eigenvalue weighted by Gasteiger charge is 2.39. The molecule has 0 atom stereocenters. The minimum atomic E-state index is 0. The van der Waals surface area contributed by atoms with Gasteiger partial charge in [0.2, 0.25) is 0 Å². The molecule has 1 N–H and O–H groups in total. The van der Waals surface area contributed by atoms with E-state index in [2.05, 4.69) is 46.1 Å². The molecule has 1 saturated carbocycles. The number of rotatable bonds is 0. The van der Waals surface area contributed by atoms with Gasteiger partial charge in [0.05, 0.1) is 0 Å². The quantitative estimate of drug-likeness (QED) is 0.687. The Bertz CT molecular complexity index is 380. The fraction of sp³-hybridized carbons (Fsp3) is 0.538. The van der Waals surface area contributed by atoms with Gasteiger partial charge in [-0.25, -0.2) is 0 Å². The highest BCUT2D eigenvalue weighted by molar-refractivity contribution is 14.1. The molecule has 3 heteroatoms. The van der Waals surface area contributed by atoms with Gasteiger partial charge in [-0.15, -0.1) is 12.4 Å². The van der Waals surface area contributed by atoms with E-state index in [9.17, 15) is 0 Å². The summed E-state index contributed by atoms with van der Waals surface area (Å²) in [5.41, 5.74) is 3.46. The average Bonchev–Trinajstić information content (AvgIpc) is 2.59. The molecule has 0 radical (unpaired) electrons. The van der Waals surface area contributed by atoms with Crippen molar-refractivity contribution < 1.29 is 0 Å². The second kappa shape index (κ2) is 4.73. The van der Waals surface area contributed by atoms with Gasteiger partial charge in [0, 0.05) is 21.2 Å². The van der Waals surface area contributed by atoms with Crippen LogP contribution in [-0.2, 0) is 5.41 Å². The number of halogens is 2. The Morgan fingerprint density at radius 2 is 1.88 bits per heavy atom. The SMILES string of the molecule is Cl.Ic1ccc2c(c1)C1(CCCCC1)CN2. The van der Waals surface area contributed by atoms with Gasteiger partial charge in [0.25, 0.3) is 0 Å². The summed E-state index contributed by atoms with van der Waals surface area (Å²) in [6.07, 6.45) is 7.01. The molecule has 1 fully saturated rings. The molecule has 88 valence electrons. The van der Waals surface area contributed by atoms with Crippen LogP contribution in [0.2, 0.25) is 0 Å². The highest BCUT2D eigenvalue weighted by atomic mass is 127. The van der Waals surface area contributed by atoms with Gasteiger partial charge in [0.1, 0.15) is 0 Å². The maximum absolute atomic E-state index is 3.58. The number of hydrogen-bond acceptors (Lipinski definition) is 1. The summed E-state index contributed by atoms with van der Waals surface area (Å²) in [4.78, 5) is 0. The molecule has 0 aromatic heterocycles. The second-order valence-electron chi connectivity index (χ2n) is 4.88. The second-order valence-corrected chi connectivity index (χ2v) is 6.13. The van der Waals surface area contributed by atoms with Gasteiger partial charge >= 0.3 is 0 Å². The largest absolute Gasteiger partial charge is 0.384 e. The number of nitrogens with one attached hydrogen (secondary N) is 1. The van der Waals surface area contributed by atoms with E-state index in [1.165, 1.54) is 47.9 Å². The van der Waals surface area contributed by atoms with E-state index in [4.69, 9.17) is 0 Å². The predicted molar refractivity (Wildman–Crippen MR) is 79.7 cm³/mol. The molecule has 16 heavy (non-hydrogen) atoms. The van der Waals surface area contributed by atoms with E-state index in [-0.39, 0.29) is 12.4 Å². The summed E-state index contributed by atoms with van der Waals surface area (Å²) in [6, 6.07) is 6.84. The molecule has 1 heterocycles. The number of benzene rings is 1. The third-order valence-corrected chi connectivity index (χ3v) is 4.65. The van der Waals surface area contributed by atoms with E-state index in [0.717, 1.165) is 0 Å². The first kappa shape index (κ1) is 12.5. The molecule has 1 nitrogen and oxygen atoms in total. The van der Waals surface area contributed by atoms with Gasteiger partial charge in [-0.05, 0) is 59.2 Å². The minimum absolute atomic E-state index is 0. The monoisotopic (exact) mass is 349 g/mol. The summed E-state index contributed by atoms with van der Waals surface area (Å²) in [5.74, 6) is 0. The van der Waals surface area contributed by atoms with Crippen molar-refractivity contribution in [2.24, 2.45) is 0 Å². The van der Waals surface area contributed by atoms with E-state index in [1.807, 2.05) is 0 Å². The smallest absolute Gasteiger partial charge is 0.0380 e. The number of hydrogen-bond donors (Lipinski definition) is 1. The molecular weight excluding hydrogens is 333 g/mol. The zero-order valence-corrected chi connectivity index (χ0v) is 12.2. The van der Waals surface area contributed by atoms with Crippen LogP contribution in [0.1, 0.15) is 37.7 Å². The maximum atomic E-state index is 3.58. The van der Waals surface area contributed by atoms with Crippen LogP contribution >= 0.6 is 35.0 Å². The normalized spacial score (nSPS) is 21.1. The van der Waals surface area contributed by atoms with Crippen LogP contribution in [0.5, 0.6) is 0 Å². The average molecular weight is 350 g/mol. The number of fused-ring (bicyclic) bond motifs is 2. The van der Waals surface area contributed by atoms with E-state index in [1.54, 1.807) is 5.56 Å². The van der Waals surface area contributed by atoms with Crippen LogP contribution in [0, 0.1) is 3.57 Å². The summed E-state index contributed by atoms with van der Waals surface area (Å²) in [6.45, 7) is 1.17. The minimum Gasteiger partial charge on any atom is -0.384 e. The molecule has 1 spiro atoms. The fourth-order valence-electron chi connectivity index (χ4n) is 3.14. The van der Waals surface area contributed by atoms with Crippen molar-refractivity contribution in [3.63, 3.8) is 0 Å². The molecule has 0 saturated heterocycles. The van der Waals surface area contributed by atoms with Crippen LogP contribution in [0.15, 0.2) is 18.2 Å². The van der Waals surface area contributed by atoms with Crippen molar-refractivity contribution in [3.8, 4) is 0 Å². The molecule has 3 rings (SSSR count). The van der Waals surface area contributed by atoms with Crippen LogP contribution in [0.25, 0.3) is 0 Å². The van der Waals surface area contributed by atoms with Gasteiger partial charge in [0.15, 0.2) is 0 Å². The Hall–Kier alpha value is 0.0400. The molecule has 0 amide bonds. The fourth-order valence-corrected chi connectivity index (χ4v) is 3.63. The van der Waals surface area contributed by atoms with Crippen LogP contribution in [-0.4, -0.2) is 6.54 Å². The van der Waals surface area contributed by atoms with Crippen molar-refractivity contribution in [2.75, 3.05) is 11.9 Å². The zero-order chi connectivity index (χ0) is 10.3. The summed E-state index contributed by atoms with van der Waals surface area (Å²) in [5, 5.41) is 3.58. The van der Waals surface area contributed by atoms with Gasteiger partial charge < -0.3 is 5.32 Å². The lowest BCUT2D eigenvalue weighted by Gasteiger charge is -2.33. The standard InChI is InChI=1S/C13H16IN.ClH/c14-10-4-5-12-11(8-10)13(9-15-12)6-2-1-3-7-13;/h4-5,8,15H,1-3,6-7,9H2;1H. The first-order valence-corrected chi connectivity index (χ1v) is 6.92. The topological polar surface area (TPSA) is 12.0 Å². The highest BCUT2D eigenvalue weighted by Crippen LogP contribution is 2.46. The lowest BCUT2D eigenvalue weighted by molar-refractivity contribution is 0.319. The van der Waals surface area contributed by atoms with Crippen molar-refractivity contribution in [2.45, 2.75) is 37.5 Å². The third-order valence-electron chi connectivity index (χ3n) is 3.98. The molecule has 0 unspecified atom stereocenters. The van der Waals surface area contributed by atoms with E-state index >= 15 is 0 Å². The Labute approximate surface area is 117 Å². The summed E-state index contributed by atoms with van der Waals surface area (Å²) < 4.78 is 1.37. The van der Waals surface area contributed by atoms with E-state index < -0.39 is 0 Å². The Morgan fingerprint density at radius 3 is 2.62 bits per heavy atom. The molecule has 0 bridgehead atoms. The summed E-state index contributed by atoms with van der Waals surface area (Å²) >= 11 is 2.42. The first-order valence-electron chi connectivity index (χ1n) is 5.84.